The van der Waals surface area contributed by atoms with Crippen molar-refractivity contribution in [3.63, 3.8) is 0 Å². The van der Waals surface area contributed by atoms with E-state index in [2.05, 4.69) is 10.6 Å². The second-order valence-corrected chi connectivity index (χ2v) is 4.19. The molecule has 0 aliphatic carbocycles. The van der Waals surface area contributed by atoms with E-state index in [0.717, 1.165) is 13.0 Å². The molecule has 0 aromatic heterocycles. The number of nitro benzene ring substituents is 1. The van der Waals surface area contributed by atoms with Gasteiger partial charge in [0.25, 0.3) is 5.91 Å². The van der Waals surface area contributed by atoms with Crippen LogP contribution < -0.4 is 20.1 Å². The molecule has 0 saturated carbocycles. The van der Waals surface area contributed by atoms with Crippen LogP contribution in [0.5, 0.6) is 11.5 Å². The second-order valence-electron chi connectivity index (χ2n) is 4.19. The van der Waals surface area contributed by atoms with Crippen molar-refractivity contribution in [2.45, 2.75) is 6.42 Å². The Morgan fingerprint density at radius 2 is 2.09 bits per heavy atom. The first kappa shape index (κ1) is 19.9. The van der Waals surface area contributed by atoms with Crippen LogP contribution in [0.25, 0.3) is 0 Å². The van der Waals surface area contributed by atoms with Gasteiger partial charge in [-0.25, -0.2) is 0 Å². The van der Waals surface area contributed by atoms with Gasteiger partial charge in [-0.3, -0.25) is 14.9 Å². The van der Waals surface area contributed by atoms with E-state index in [-0.39, 0.29) is 36.4 Å². The summed E-state index contributed by atoms with van der Waals surface area (Å²) in [4.78, 5) is 21.7. The third-order valence-corrected chi connectivity index (χ3v) is 2.64. The summed E-state index contributed by atoms with van der Waals surface area (Å²) in [6.45, 7) is 1.23. The minimum atomic E-state index is -0.545. The summed E-state index contributed by atoms with van der Waals surface area (Å²) in [7, 11) is 3.17. The zero-order valence-corrected chi connectivity index (χ0v) is 13.3. The number of nitro groups is 1. The van der Waals surface area contributed by atoms with Crippen LogP contribution in [0.1, 0.15) is 6.42 Å². The third-order valence-electron chi connectivity index (χ3n) is 2.64. The van der Waals surface area contributed by atoms with Crippen LogP contribution >= 0.6 is 12.4 Å². The molecule has 0 heterocycles. The molecule has 0 saturated heterocycles. The van der Waals surface area contributed by atoms with Crippen LogP contribution in [-0.2, 0) is 4.79 Å². The molecule has 1 rings (SSSR count). The lowest BCUT2D eigenvalue weighted by atomic mass is 10.3. The van der Waals surface area contributed by atoms with Crippen LogP contribution in [0, 0.1) is 10.1 Å². The SMILES string of the molecule is CNCCCNC(=O)COc1ccc([N+](=O)[O-])c(OC)c1.Cl. The molecule has 0 spiro atoms. The molecule has 0 aliphatic heterocycles. The highest BCUT2D eigenvalue weighted by atomic mass is 35.5. The van der Waals surface area contributed by atoms with Gasteiger partial charge < -0.3 is 20.1 Å². The Morgan fingerprint density at radius 1 is 1.36 bits per heavy atom. The van der Waals surface area contributed by atoms with E-state index in [1.807, 2.05) is 7.05 Å². The van der Waals surface area contributed by atoms with Crippen molar-refractivity contribution >= 4 is 24.0 Å². The van der Waals surface area contributed by atoms with E-state index in [0.29, 0.717) is 12.3 Å². The van der Waals surface area contributed by atoms with E-state index in [4.69, 9.17) is 9.47 Å². The first-order valence-corrected chi connectivity index (χ1v) is 6.45. The maximum atomic E-state index is 11.5. The zero-order valence-electron chi connectivity index (χ0n) is 12.5. The molecule has 0 bridgehead atoms. The van der Waals surface area contributed by atoms with Crippen LogP contribution in [0.3, 0.4) is 0 Å². The number of amides is 1. The molecule has 2 N–H and O–H groups in total. The zero-order chi connectivity index (χ0) is 15.7. The summed E-state index contributed by atoms with van der Waals surface area (Å²) in [5.41, 5.74) is -0.152. The summed E-state index contributed by atoms with van der Waals surface area (Å²) in [5.74, 6) is 0.179. The van der Waals surface area contributed by atoms with E-state index in [9.17, 15) is 14.9 Å². The van der Waals surface area contributed by atoms with Gasteiger partial charge in [0.2, 0.25) is 5.75 Å². The van der Waals surface area contributed by atoms with E-state index in [1.54, 1.807) is 0 Å². The van der Waals surface area contributed by atoms with Gasteiger partial charge in [0.05, 0.1) is 12.0 Å². The molecule has 124 valence electrons. The monoisotopic (exact) mass is 333 g/mol. The summed E-state index contributed by atoms with van der Waals surface area (Å²) in [6, 6.07) is 4.08. The highest BCUT2D eigenvalue weighted by Gasteiger charge is 2.15. The maximum absolute atomic E-state index is 11.5. The predicted molar refractivity (Wildman–Crippen MR) is 83.9 cm³/mol. The second kappa shape index (κ2) is 10.6. The number of rotatable bonds is 9. The smallest absolute Gasteiger partial charge is 0.311 e. The van der Waals surface area contributed by atoms with Crippen molar-refractivity contribution < 1.29 is 19.2 Å². The lowest BCUT2D eigenvalue weighted by molar-refractivity contribution is -0.385. The van der Waals surface area contributed by atoms with Gasteiger partial charge in [-0.15, -0.1) is 12.4 Å². The van der Waals surface area contributed by atoms with Gasteiger partial charge in [-0.1, -0.05) is 0 Å². The average Bonchev–Trinajstić information content (AvgIpc) is 2.49. The van der Waals surface area contributed by atoms with E-state index >= 15 is 0 Å². The van der Waals surface area contributed by atoms with E-state index < -0.39 is 4.92 Å². The fourth-order valence-electron chi connectivity index (χ4n) is 1.59. The first-order chi connectivity index (χ1) is 10.1. The summed E-state index contributed by atoms with van der Waals surface area (Å²) in [6.07, 6.45) is 0.827. The number of carbonyl (C=O) groups excluding carboxylic acids is 1. The fraction of sp³-hybridized carbons (Fsp3) is 0.462. The number of halogens is 1. The molecule has 0 aliphatic rings. The molecule has 1 aromatic rings. The number of ether oxygens (including phenoxy) is 2. The van der Waals surface area contributed by atoms with Gasteiger partial charge in [-0.2, -0.15) is 0 Å². The van der Waals surface area contributed by atoms with Crippen LogP contribution in [0.4, 0.5) is 5.69 Å². The van der Waals surface area contributed by atoms with E-state index in [1.165, 1.54) is 25.3 Å². The van der Waals surface area contributed by atoms with Crippen molar-refractivity contribution in [3.8, 4) is 11.5 Å². The van der Waals surface area contributed by atoms with Gasteiger partial charge in [-0.05, 0) is 26.1 Å². The molecule has 9 heteroatoms. The average molecular weight is 334 g/mol. The minimum absolute atomic E-state index is 0. The molecule has 0 unspecified atom stereocenters. The Hall–Kier alpha value is -2.06. The van der Waals surface area contributed by atoms with Crippen molar-refractivity contribution in [2.24, 2.45) is 0 Å². The van der Waals surface area contributed by atoms with Gasteiger partial charge in [0.1, 0.15) is 5.75 Å². The summed E-state index contributed by atoms with van der Waals surface area (Å²) < 4.78 is 10.2. The molecule has 0 atom stereocenters. The molecular formula is C13H20ClN3O5. The Morgan fingerprint density at radius 3 is 2.68 bits per heavy atom. The third kappa shape index (κ3) is 6.59. The van der Waals surface area contributed by atoms with Crippen molar-refractivity contribution in [1.29, 1.82) is 0 Å². The number of methoxy groups -OCH3 is 1. The highest BCUT2D eigenvalue weighted by Crippen LogP contribution is 2.30. The fourth-order valence-corrected chi connectivity index (χ4v) is 1.59. The van der Waals surface area contributed by atoms with Crippen molar-refractivity contribution in [1.82, 2.24) is 10.6 Å². The lowest BCUT2D eigenvalue weighted by Gasteiger charge is -2.08. The molecule has 22 heavy (non-hydrogen) atoms. The Labute approximate surface area is 134 Å². The molecule has 8 nitrogen and oxygen atoms in total. The number of carbonyl (C=O) groups is 1. The first-order valence-electron chi connectivity index (χ1n) is 6.45. The van der Waals surface area contributed by atoms with Crippen molar-refractivity contribution in [2.75, 3.05) is 33.9 Å². The van der Waals surface area contributed by atoms with Gasteiger partial charge in [0.15, 0.2) is 6.61 Å². The Balaban J connectivity index is 0.00000441. The minimum Gasteiger partial charge on any atom is -0.490 e. The number of hydrogen-bond donors (Lipinski definition) is 2. The molecule has 0 radical (unpaired) electrons. The van der Waals surface area contributed by atoms with Gasteiger partial charge in [0, 0.05) is 18.7 Å². The number of nitrogens with zero attached hydrogens (tertiary/aromatic N) is 1. The Kier molecular flexibility index (Phi) is 9.64. The Bertz CT molecular complexity index is 499. The number of benzene rings is 1. The summed E-state index contributed by atoms with van der Waals surface area (Å²) in [5, 5.41) is 16.4. The molecular weight excluding hydrogens is 314 g/mol. The highest BCUT2D eigenvalue weighted by molar-refractivity contribution is 5.85. The van der Waals surface area contributed by atoms with Crippen molar-refractivity contribution in [3.05, 3.63) is 28.3 Å². The molecule has 0 fully saturated rings. The van der Waals surface area contributed by atoms with Gasteiger partial charge >= 0.3 is 5.69 Å². The topological polar surface area (TPSA) is 103 Å². The van der Waals surface area contributed by atoms with Crippen LogP contribution in [-0.4, -0.2) is 44.7 Å². The predicted octanol–water partition coefficient (Wildman–Crippen LogP) is 1.13. The largest absolute Gasteiger partial charge is 0.490 e. The number of hydrogen-bond acceptors (Lipinski definition) is 6. The van der Waals surface area contributed by atoms with Crippen LogP contribution in [0.15, 0.2) is 18.2 Å². The standard InChI is InChI=1S/C13H19N3O5.ClH/c1-14-6-3-7-15-13(17)9-21-10-4-5-11(16(18)19)12(8-10)20-2;/h4-5,8,14H,3,6-7,9H2,1-2H3,(H,15,17);1H. The molecule has 1 aromatic carbocycles. The quantitative estimate of drug-likeness (QED) is 0.399. The maximum Gasteiger partial charge on any atom is 0.311 e. The lowest BCUT2D eigenvalue weighted by Crippen LogP contribution is -2.30. The number of nitrogens with one attached hydrogen (secondary N) is 2. The normalized spacial score (nSPS) is 9.55. The summed E-state index contributed by atoms with van der Waals surface area (Å²) >= 11 is 0. The van der Waals surface area contributed by atoms with Crippen LogP contribution in [0.2, 0.25) is 0 Å². The molecule has 1 amide bonds.